The number of thiophene rings is 2. The second kappa shape index (κ2) is 12.1. The van der Waals surface area contributed by atoms with Crippen LogP contribution < -0.4 is 10.2 Å². The number of nitrogens with one attached hydrogen (secondary N) is 1. The van der Waals surface area contributed by atoms with Gasteiger partial charge in [-0.25, -0.2) is 0 Å². The van der Waals surface area contributed by atoms with Gasteiger partial charge in [-0.1, -0.05) is 78.9 Å². The van der Waals surface area contributed by atoms with Gasteiger partial charge in [-0.15, -0.1) is 32.9 Å². The quantitative estimate of drug-likeness (QED) is 0.108. The van der Waals surface area contributed by atoms with Gasteiger partial charge in [0.1, 0.15) is 15.0 Å². The van der Waals surface area contributed by atoms with Gasteiger partial charge in [-0.2, -0.15) is 0 Å². The molecule has 1 fully saturated rings. The molecule has 0 bridgehead atoms. The number of thiocarbonyl (C=S) groups is 1. The predicted molar refractivity (Wildman–Crippen MR) is 186 cm³/mol. The molecular weight excluding hydrogens is 609 g/mol. The molecule has 6 aromatic rings. The van der Waals surface area contributed by atoms with Crippen LogP contribution in [0.5, 0.6) is 0 Å². The molecule has 4 aromatic carbocycles. The first-order valence-corrected chi connectivity index (χ1v) is 16.3. The molecule has 7 rings (SSSR count). The Bertz CT molecular complexity index is 1930. The van der Waals surface area contributed by atoms with Gasteiger partial charge in [0.15, 0.2) is 0 Å². The average molecular weight is 631 g/mol. The van der Waals surface area contributed by atoms with E-state index in [0.29, 0.717) is 10.0 Å². The number of carbonyl (C=O) groups is 1. The maximum absolute atomic E-state index is 12.7. The summed E-state index contributed by atoms with van der Waals surface area (Å²) in [4.78, 5) is 16.0. The van der Waals surface area contributed by atoms with Gasteiger partial charge in [-0.3, -0.25) is 4.79 Å². The Hall–Kier alpha value is -4.41. The summed E-state index contributed by atoms with van der Waals surface area (Å²) in [6.45, 7) is 0. The van der Waals surface area contributed by atoms with Crippen molar-refractivity contribution in [3.8, 4) is 0 Å². The zero-order valence-corrected chi connectivity index (χ0v) is 25.8. The van der Waals surface area contributed by atoms with Crippen LogP contribution in [0.4, 0.5) is 27.8 Å². The van der Waals surface area contributed by atoms with Gasteiger partial charge in [0, 0.05) is 36.9 Å². The number of anilines is 3. The molecule has 0 radical (unpaired) electrons. The zero-order chi connectivity index (χ0) is 29.2. The number of nitrogens with zero attached hydrogens (tertiary/aromatic N) is 3. The number of rotatable bonds is 7. The molecule has 0 unspecified atom stereocenters. The van der Waals surface area contributed by atoms with Crippen molar-refractivity contribution in [2.75, 3.05) is 4.90 Å². The number of benzene rings is 4. The summed E-state index contributed by atoms with van der Waals surface area (Å²) in [5, 5.41) is 13.0. The van der Waals surface area contributed by atoms with E-state index in [-0.39, 0.29) is 5.12 Å². The predicted octanol–water partition coefficient (Wildman–Crippen LogP) is 10.8. The molecule has 0 atom stereocenters. The van der Waals surface area contributed by atoms with Crippen LogP contribution in [0.25, 0.3) is 15.0 Å². The molecule has 1 aliphatic heterocycles. The van der Waals surface area contributed by atoms with Gasteiger partial charge < -0.3 is 10.2 Å². The highest BCUT2D eigenvalue weighted by Crippen LogP contribution is 2.43. The van der Waals surface area contributed by atoms with Crippen LogP contribution >= 0.6 is 46.7 Å². The molecule has 5 nitrogen and oxygen atoms in total. The standard InChI is InChI=1S/C34H22N4OS4/c39-33-32(35-34(40)43-33)31(22-10-4-1-5-11-22)29-20-27-28(41-29)21-30(42-27)37-36-23-16-18-26(19-17-23)38(24-12-6-2-7-13-24)25-14-8-3-9-15-25/h1-21H,(H,35,40)/b32-31+,37-36?. The van der Waals surface area contributed by atoms with E-state index in [1.54, 1.807) is 22.7 Å². The fourth-order valence-corrected chi connectivity index (χ4v) is 8.06. The molecular formula is C34H22N4OS4. The summed E-state index contributed by atoms with van der Waals surface area (Å²) >= 11 is 9.54. The van der Waals surface area contributed by atoms with Crippen molar-refractivity contribution in [1.82, 2.24) is 5.32 Å². The molecule has 0 aliphatic carbocycles. The second-order valence-corrected chi connectivity index (χ2v) is 13.4. The molecule has 43 heavy (non-hydrogen) atoms. The monoisotopic (exact) mass is 630 g/mol. The first-order valence-electron chi connectivity index (χ1n) is 13.4. The number of azo groups is 1. The number of fused-ring (bicyclic) bond motifs is 1. The molecule has 0 amide bonds. The lowest BCUT2D eigenvalue weighted by Crippen LogP contribution is -2.13. The van der Waals surface area contributed by atoms with Crippen LogP contribution in [0.3, 0.4) is 0 Å². The molecule has 1 saturated heterocycles. The van der Waals surface area contributed by atoms with E-state index in [1.807, 2.05) is 78.9 Å². The van der Waals surface area contributed by atoms with Crippen molar-refractivity contribution in [3.05, 3.63) is 144 Å². The van der Waals surface area contributed by atoms with Crippen LogP contribution in [0.15, 0.2) is 143 Å². The molecule has 1 N–H and O–H groups in total. The minimum Gasteiger partial charge on any atom is -0.337 e. The average Bonchev–Trinajstić information content (AvgIpc) is 3.71. The first kappa shape index (κ1) is 27.4. The Morgan fingerprint density at radius 1 is 0.674 bits per heavy atom. The lowest BCUT2D eigenvalue weighted by molar-refractivity contribution is -0.107. The number of para-hydroxylation sites is 2. The third kappa shape index (κ3) is 5.80. The smallest absolute Gasteiger partial charge is 0.243 e. The number of hydrogen-bond donors (Lipinski definition) is 1. The maximum atomic E-state index is 12.7. The van der Waals surface area contributed by atoms with Crippen molar-refractivity contribution >= 4 is 98.8 Å². The van der Waals surface area contributed by atoms with E-state index in [4.69, 9.17) is 12.2 Å². The number of thioether (sulfide) groups is 1. The molecule has 208 valence electrons. The van der Waals surface area contributed by atoms with E-state index >= 15 is 0 Å². The fourth-order valence-electron chi connectivity index (χ4n) is 4.87. The summed E-state index contributed by atoms with van der Waals surface area (Å²) in [6, 6.07) is 42.8. The molecule has 1 aliphatic rings. The highest BCUT2D eigenvalue weighted by atomic mass is 32.2. The molecule has 0 spiro atoms. The van der Waals surface area contributed by atoms with Crippen LogP contribution in [-0.4, -0.2) is 9.44 Å². The topological polar surface area (TPSA) is 57.1 Å². The summed E-state index contributed by atoms with van der Waals surface area (Å²) in [7, 11) is 0. The van der Waals surface area contributed by atoms with Gasteiger partial charge in [0.25, 0.3) is 0 Å². The number of hydrogen-bond acceptors (Lipinski definition) is 8. The Balaban J connectivity index is 1.15. The van der Waals surface area contributed by atoms with Crippen LogP contribution in [0.2, 0.25) is 0 Å². The highest BCUT2D eigenvalue weighted by Gasteiger charge is 2.28. The van der Waals surface area contributed by atoms with Crippen molar-refractivity contribution in [1.29, 1.82) is 0 Å². The third-order valence-electron chi connectivity index (χ3n) is 6.77. The van der Waals surface area contributed by atoms with E-state index in [9.17, 15) is 4.79 Å². The van der Waals surface area contributed by atoms with E-state index in [2.05, 4.69) is 69.0 Å². The largest absolute Gasteiger partial charge is 0.337 e. The Labute approximate surface area is 266 Å². The van der Waals surface area contributed by atoms with Crippen molar-refractivity contribution < 1.29 is 4.79 Å². The van der Waals surface area contributed by atoms with Gasteiger partial charge in [0.05, 0.1) is 5.69 Å². The summed E-state index contributed by atoms with van der Waals surface area (Å²) in [5.41, 5.74) is 6.37. The highest BCUT2D eigenvalue weighted by molar-refractivity contribution is 8.33. The van der Waals surface area contributed by atoms with Gasteiger partial charge in [-0.05, 0) is 78.0 Å². The normalized spacial score (nSPS) is 14.4. The molecule has 9 heteroatoms. The summed E-state index contributed by atoms with van der Waals surface area (Å²) < 4.78 is 2.68. The van der Waals surface area contributed by atoms with Gasteiger partial charge >= 0.3 is 0 Å². The van der Waals surface area contributed by atoms with E-state index in [0.717, 1.165) is 64.9 Å². The minimum atomic E-state index is -0.0585. The Morgan fingerprint density at radius 2 is 1.26 bits per heavy atom. The third-order valence-corrected chi connectivity index (χ3v) is 9.99. The second-order valence-electron chi connectivity index (χ2n) is 9.56. The van der Waals surface area contributed by atoms with Crippen molar-refractivity contribution in [3.63, 3.8) is 0 Å². The van der Waals surface area contributed by atoms with Crippen molar-refractivity contribution in [2.24, 2.45) is 10.2 Å². The lowest BCUT2D eigenvalue weighted by Gasteiger charge is -2.25. The van der Waals surface area contributed by atoms with Crippen LogP contribution in [-0.2, 0) is 4.79 Å². The lowest BCUT2D eigenvalue weighted by atomic mass is 10.0. The molecule has 0 saturated carbocycles. The van der Waals surface area contributed by atoms with Crippen LogP contribution in [0, 0.1) is 0 Å². The molecule has 3 heterocycles. The number of carbonyl (C=O) groups excluding carboxylic acids is 1. The Morgan fingerprint density at radius 3 is 1.84 bits per heavy atom. The Kier molecular flexibility index (Phi) is 7.69. The summed E-state index contributed by atoms with van der Waals surface area (Å²) in [5.74, 6) is 0. The molecule has 2 aromatic heterocycles. The minimum absolute atomic E-state index is 0.0585. The van der Waals surface area contributed by atoms with Gasteiger partial charge in [0.2, 0.25) is 5.12 Å². The van der Waals surface area contributed by atoms with E-state index < -0.39 is 0 Å². The van der Waals surface area contributed by atoms with Crippen LogP contribution in [0.1, 0.15) is 10.4 Å². The SMILES string of the molecule is O=C1SC(=S)N/C1=C(\c1ccccc1)c1cc2sc(N=Nc3ccc(N(c4ccccc4)c4ccccc4)cc3)cc2s1. The fraction of sp³-hybridized carbons (Fsp3) is 0. The maximum Gasteiger partial charge on any atom is 0.243 e. The van der Waals surface area contributed by atoms with E-state index in [1.165, 1.54) is 0 Å². The first-order chi connectivity index (χ1) is 21.1. The zero-order valence-electron chi connectivity index (χ0n) is 22.5. The van der Waals surface area contributed by atoms with Crippen molar-refractivity contribution in [2.45, 2.75) is 0 Å². The summed E-state index contributed by atoms with van der Waals surface area (Å²) in [6.07, 6.45) is 0.